The Morgan fingerprint density at radius 2 is 1.55 bits per heavy atom. The second-order valence-corrected chi connectivity index (χ2v) is 9.03. The van der Waals surface area contributed by atoms with Crippen molar-refractivity contribution in [1.82, 2.24) is 0 Å². The van der Waals surface area contributed by atoms with Gasteiger partial charge in [-0.25, -0.2) is 9.69 Å². The minimum Gasteiger partial charge on any atom is -0.465 e. The maximum atomic E-state index is 14.1. The van der Waals surface area contributed by atoms with Gasteiger partial charge in [0, 0.05) is 11.3 Å². The van der Waals surface area contributed by atoms with E-state index in [4.69, 9.17) is 4.74 Å². The Morgan fingerprint density at radius 1 is 0.909 bits per heavy atom. The number of benzene rings is 3. The second kappa shape index (κ2) is 6.88. The smallest absolute Gasteiger partial charge is 0.337 e. The van der Waals surface area contributed by atoms with Crippen molar-refractivity contribution in [3.8, 4) is 0 Å². The van der Waals surface area contributed by atoms with Crippen LogP contribution in [0.5, 0.6) is 0 Å². The molecule has 0 N–H and O–H groups in total. The lowest BCUT2D eigenvalue weighted by atomic mass is 9.46. The quantitative estimate of drug-likeness (QED) is 0.449. The number of hydrogen-bond acceptors (Lipinski definition) is 4. The number of esters is 1. The maximum Gasteiger partial charge on any atom is 0.337 e. The molecular weight excluding hydrogens is 414 g/mol. The van der Waals surface area contributed by atoms with E-state index in [1.165, 1.54) is 12.0 Å². The Hall–Kier alpha value is -3.73. The summed E-state index contributed by atoms with van der Waals surface area (Å²) in [6.45, 7) is 2.11. The molecule has 3 aromatic rings. The number of carbonyl (C=O) groups is 3. The van der Waals surface area contributed by atoms with Crippen LogP contribution in [0, 0.1) is 11.8 Å². The third kappa shape index (κ3) is 2.34. The molecule has 3 aliphatic carbocycles. The number of carbonyl (C=O) groups excluding carboxylic acids is 3. The summed E-state index contributed by atoms with van der Waals surface area (Å²) in [5.41, 5.74) is 4.77. The van der Waals surface area contributed by atoms with Crippen LogP contribution in [0.1, 0.15) is 51.9 Å². The maximum absolute atomic E-state index is 14.1. The van der Waals surface area contributed by atoms with E-state index in [-0.39, 0.29) is 17.7 Å². The summed E-state index contributed by atoms with van der Waals surface area (Å²) in [7, 11) is 1.31. The molecule has 5 heteroatoms. The highest BCUT2D eigenvalue weighted by atomic mass is 16.5. The number of ether oxygens (including phenoxy) is 1. The van der Waals surface area contributed by atoms with Crippen LogP contribution in [-0.2, 0) is 19.7 Å². The molecule has 2 atom stereocenters. The molecule has 1 fully saturated rings. The molecule has 0 spiro atoms. The van der Waals surface area contributed by atoms with Crippen molar-refractivity contribution >= 4 is 23.5 Å². The largest absolute Gasteiger partial charge is 0.465 e. The van der Waals surface area contributed by atoms with Crippen LogP contribution in [-0.4, -0.2) is 24.9 Å². The lowest BCUT2D eigenvalue weighted by Gasteiger charge is -2.54. The summed E-state index contributed by atoms with van der Waals surface area (Å²) < 4.78 is 4.84. The van der Waals surface area contributed by atoms with Gasteiger partial charge in [-0.2, -0.15) is 0 Å². The molecule has 5 nitrogen and oxygen atoms in total. The van der Waals surface area contributed by atoms with Gasteiger partial charge in [0.2, 0.25) is 11.8 Å². The molecule has 0 radical (unpaired) electrons. The van der Waals surface area contributed by atoms with Gasteiger partial charge in [0.25, 0.3) is 0 Å². The van der Waals surface area contributed by atoms with Gasteiger partial charge in [0.15, 0.2) is 0 Å². The number of rotatable bonds is 3. The monoisotopic (exact) mass is 437 g/mol. The van der Waals surface area contributed by atoms with Gasteiger partial charge in [0.1, 0.15) is 0 Å². The molecule has 164 valence electrons. The zero-order valence-electron chi connectivity index (χ0n) is 18.4. The van der Waals surface area contributed by atoms with Gasteiger partial charge in [-0.1, -0.05) is 61.5 Å². The zero-order valence-corrected chi connectivity index (χ0v) is 18.4. The van der Waals surface area contributed by atoms with E-state index >= 15 is 0 Å². The number of anilines is 1. The fourth-order valence-corrected chi connectivity index (χ4v) is 6.67. The van der Waals surface area contributed by atoms with Crippen LogP contribution in [0.2, 0.25) is 0 Å². The third-order valence-electron chi connectivity index (χ3n) is 7.88. The summed E-state index contributed by atoms with van der Waals surface area (Å²) >= 11 is 0. The highest BCUT2D eigenvalue weighted by Gasteiger charge is 2.67. The molecule has 1 saturated heterocycles. The molecule has 4 aliphatic rings. The van der Waals surface area contributed by atoms with E-state index in [2.05, 4.69) is 31.2 Å². The molecule has 0 saturated carbocycles. The highest BCUT2D eigenvalue weighted by molar-refractivity contribution is 6.24. The molecule has 1 aliphatic heterocycles. The predicted octanol–water partition coefficient (Wildman–Crippen LogP) is 4.43. The van der Waals surface area contributed by atoms with Gasteiger partial charge in [-0.05, 0) is 46.9 Å². The average Bonchev–Trinajstić information content (AvgIpc) is 3.14. The summed E-state index contributed by atoms with van der Waals surface area (Å²) in [4.78, 5) is 41.4. The number of methoxy groups -OCH3 is 1. The van der Waals surface area contributed by atoms with Crippen molar-refractivity contribution < 1.29 is 19.1 Å². The molecule has 1 heterocycles. The van der Waals surface area contributed by atoms with Gasteiger partial charge in [-0.15, -0.1) is 0 Å². The average molecular weight is 437 g/mol. The van der Waals surface area contributed by atoms with Crippen molar-refractivity contribution in [3.63, 3.8) is 0 Å². The minimum absolute atomic E-state index is 0.166. The first kappa shape index (κ1) is 19.9. The summed E-state index contributed by atoms with van der Waals surface area (Å²) in [6.07, 6.45) is 0.712. The Bertz CT molecular complexity index is 1300. The normalized spacial score (nSPS) is 26.6. The second-order valence-electron chi connectivity index (χ2n) is 9.03. The molecule has 0 unspecified atom stereocenters. The zero-order chi connectivity index (χ0) is 22.9. The van der Waals surface area contributed by atoms with Crippen LogP contribution in [0.3, 0.4) is 0 Å². The van der Waals surface area contributed by atoms with E-state index in [1.54, 1.807) is 24.3 Å². The van der Waals surface area contributed by atoms with Crippen molar-refractivity contribution in [1.29, 1.82) is 0 Å². The van der Waals surface area contributed by atoms with Gasteiger partial charge in [-0.3, -0.25) is 9.59 Å². The van der Waals surface area contributed by atoms with E-state index in [0.29, 0.717) is 17.7 Å². The van der Waals surface area contributed by atoms with Crippen LogP contribution < -0.4 is 4.90 Å². The van der Waals surface area contributed by atoms with Crippen LogP contribution in [0.15, 0.2) is 72.8 Å². The van der Waals surface area contributed by atoms with E-state index in [1.807, 2.05) is 24.3 Å². The molecule has 2 amide bonds. The number of nitrogens with zero attached hydrogens (tertiary/aromatic N) is 1. The number of imide groups is 1. The van der Waals surface area contributed by atoms with Crippen molar-refractivity contribution in [2.75, 3.05) is 12.0 Å². The Kier molecular flexibility index (Phi) is 4.15. The van der Waals surface area contributed by atoms with Crippen molar-refractivity contribution in [2.45, 2.75) is 24.7 Å². The van der Waals surface area contributed by atoms with Gasteiger partial charge in [0.05, 0.1) is 30.2 Å². The Morgan fingerprint density at radius 3 is 2.15 bits per heavy atom. The fourth-order valence-electron chi connectivity index (χ4n) is 6.67. The molecule has 7 rings (SSSR count). The van der Waals surface area contributed by atoms with Gasteiger partial charge < -0.3 is 4.74 Å². The third-order valence-corrected chi connectivity index (χ3v) is 7.88. The Balaban J connectivity index is 1.58. The number of hydrogen-bond donors (Lipinski definition) is 0. The lowest BCUT2D eigenvalue weighted by molar-refractivity contribution is -0.123. The molecule has 0 aromatic heterocycles. The molecule has 3 aromatic carbocycles. The van der Waals surface area contributed by atoms with E-state index in [0.717, 1.165) is 22.3 Å². The first-order valence-electron chi connectivity index (χ1n) is 11.3. The standard InChI is InChI=1S/C28H23NO4/c1-3-28-20-13-6-4-11-18(20)22(19-12-5-7-14-21(19)28)23-24(28)26(31)29(25(23)30)17-10-8-9-16(15-17)27(32)33-2/h4-15,22-24H,3H2,1-2H3/t22?,23-,24+,28?/m1/s1. The van der Waals surface area contributed by atoms with Crippen LogP contribution >= 0.6 is 0 Å². The first-order chi connectivity index (χ1) is 16.0. The molecule has 2 bridgehead atoms. The van der Waals surface area contributed by atoms with Gasteiger partial charge >= 0.3 is 5.97 Å². The Labute approximate surface area is 192 Å². The predicted molar refractivity (Wildman–Crippen MR) is 123 cm³/mol. The summed E-state index contributed by atoms with van der Waals surface area (Å²) in [6, 6.07) is 23.1. The fraction of sp³-hybridized carbons (Fsp3) is 0.250. The SMILES string of the molecule is CCC12c3ccccc3C(c3ccccc31)[C@H]1C(=O)N(c3cccc(C(=O)OC)c3)C(=O)[C@H]12. The lowest BCUT2D eigenvalue weighted by Crippen LogP contribution is -2.53. The minimum atomic E-state index is -0.561. The summed E-state index contributed by atoms with van der Waals surface area (Å²) in [5, 5.41) is 0. The van der Waals surface area contributed by atoms with E-state index in [9.17, 15) is 14.4 Å². The summed E-state index contributed by atoms with van der Waals surface area (Å²) in [5.74, 6) is -2.00. The van der Waals surface area contributed by atoms with Crippen molar-refractivity contribution in [3.05, 3.63) is 101 Å². The molecule has 33 heavy (non-hydrogen) atoms. The van der Waals surface area contributed by atoms with Crippen LogP contribution in [0.25, 0.3) is 0 Å². The van der Waals surface area contributed by atoms with Crippen molar-refractivity contribution in [2.24, 2.45) is 11.8 Å². The van der Waals surface area contributed by atoms with E-state index < -0.39 is 23.2 Å². The molecular formula is C28H23NO4. The first-order valence-corrected chi connectivity index (χ1v) is 11.3. The van der Waals surface area contributed by atoms with Crippen LogP contribution in [0.4, 0.5) is 5.69 Å². The highest BCUT2D eigenvalue weighted by Crippen LogP contribution is 2.65. The topological polar surface area (TPSA) is 63.7 Å². The number of amides is 2.